The van der Waals surface area contributed by atoms with Crippen LogP contribution >= 0.6 is 0 Å². The van der Waals surface area contributed by atoms with Crippen LogP contribution in [0.15, 0.2) is 24.3 Å². The van der Waals surface area contributed by atoms with Crippen molar-refractivity contribution in [2.45, 2.75) is 25.2 Å². The van der Waals surface area contributed by atoms with Crippen molar-refractivity contribution in [1.29, 1.82) is 0 Å². The predicted octanol–water partition coefficient (Wildman–Crippen LogP) is 2.68. The Morgan fingerprint density at radius 2 is 1.93 bits per heavy atom. The molecular weight excluding hydrogens is 189 g/mol. The fraction of sp³-hybridized carbons (Fsp3) is 0.538. The highest BCUT2D eigenvalue weighted by Crippen LogP contribution is 2.53. The van der Waals surface area contributed by atoms with Crippen molar-refractivity contribution in [3.63, 3.8) is 0 Å². The zero-order valence-electron chi connectivity index (χ0n) is 8.80. The van der Waals surface area contributed by atoms with Crippen molar-refractivity contribution in [1.82, 2.24) is 5.32 Å². The summed E-state index contributed by atoms with van der Waals surface area (Å²) in [5.74, 6) is 0.471. The van der Waals surface area contributed by atoms with Gasteiger partial charge in [0.05, 0.1) is 0 Å². The summed E-state index contributed by atoms with van der Waals surface area (Å²) in [7, 11) is 0. The van der Waals surface area contributed by atoms with Gasteiger partial charge < -0.3 is 5.32 Å². The predicted molar refractivity (Wildman–Crippen MR) is 58.3 cm³/mol. The number of hydrogen-bond acceptors (Lipinski definition) is 1. The van der Waals surface area contributed by atoms with Crippen LogP contribution in [0.25, 0.3) is 0 Å². The lowest BCUT2D eigenvalue weighted by Crippen LogP contribution is -2.36. The lowest BCUT2D eigenvalue weighted by molar-refractivity contribution is 0.137. The summed E-state index contributed by atoms with van der Waals surface area (Å²) in [6.07, 6.45) is 4.03. The molecule has 0 aromatic heterocycles. The van der Waals surface area contributed by atoms with Gasteiger partial charge in [0.15, 0.2) is 0 Å². The standard InChI is InChI=1S/C13H16FN/c14-11-4-2-10(3-5-11)12-8-15-9-13(12)6-1-7-13/h2-5,12,15H,1,6-9H2/t12-/m0/s1. The Hall–Kier alpha value is -0.890. The Bertz CT molecular complexity index is 353. The zero-order chi connectivity index (χ0) is 10.3. The average Bonchev–Trinajstić information content (AvgIpc) is 2.62. The van der Waals surface area contributed by atoms with Crippen LogP contribution in [-0.4, -0.2) is 13.1 Å². The normalized spacial score (nSPS) is 27.9. The Morgan fingerprint density at radius 1 is 1.20 bits per heavy atom. The second-order valence-electron chi connectivity index (χ2n) is 4.95. The van der Waals surface area contributed by atoms with Gasteiger partial charge in [0.2, 0.25) is 0 Å². The van der Waals surface area contributed by atoms with Crippen molar-refractivity contribution >= 4 is 0 Å². The molecule has 1 aliphatic carbocycles. The molecule has 1 aromatic rings. The topological polar surface area (TPSA) is 12.0 Å². The molecule has 1 aliphatic heterocycles. The van der Waals surface area contributed by atoms with E-state index in [9.17, 15) is 4.39 Å². The van der Waals surface area contributed by atoms with Gasteiger partial charge in [-0.05, 0) is 36.0 Å². The van der Waals surface area contributed by atoms with Crippen LogP contribution in [0, 0.1) is 11.2 Å². The molecule has 0 unspecified atom stereocenters. The molecule has 0 radical (unpaired) electrons. The zero-order valence-corrected chi connectivity index (χ0v) is 8.80. The maximum absolute atomic E-state index is 12.8. The van der Waals surface area contributed by atoms with Crippen LogP contribution in [0.4, 0.5) is 4.39 Å². The van der Waals surface area contributed by atoms with Gasteiger partial charge in [-0.2, -0.15) is 0 Å². The summed E-state index contributed by atoms with van der Waals surface area (Å²) in [5, 5.41) is 3.48. The van der Waals surface area contributed by atoms with E-state index in [1.165, 1.54) is 24.8 Å². The molecule has 1 nitrogen and oxygen atoms in total. The summed E-state index contributed by atoms with van der Waals surface area (Å²) >= 11 is 0. The maximum atomic E-state index is 12.8. The smallest absolute Gasteiger partial charge is 0.123 e. The van der Waals surface area contributed by atoms with Crippen LogP contribution in [-0.2, 0) is 0 Å². The molecule has 1 N–H and O–H groups in total. The molecule has 1 aromatic carbocycles. The van der Waals surface area contributed by atoms with Gasteiger partial charge in [-0.1, -0.05) is 18.6 Å². The van der Waals surface area contributed by atoms with Gasteiger partial charge in [-0.3, -0.25) is 0 Å². The van der Waals surface area contributed by atoms with E-state index >= 15 is 0 Å². The summed E-state index contributed by atoms with van der Waals surface area (Å²) in [4.78, 5) is 0. The van der Waals surface area contributed by atoms with Crippen LogP contribution in [0.3, 0.4) is 0 Å². The maximum Gasteiger partial charge on any atom is 0.123 e. The van der Waals surface area contributed by atoms with Crippen molar-refractivity contribution in [3.05, 3.63) is 35.6 Å². The third-order valence-electron chi connectivity index (χ3n) is 4.19. The number of halogens is 1. The highest BCUT2D eigenvalue weighted by atomic mass is 19.1. The number of nitrogens with one attached hydrogen (secondary N) is 1. The van der Waals surface area contributed by atoms with Crippen molar-refractivity contribution in [2.24, 2.45) is 5.41 Å². The molecule has 1 atom stereocenters. The Kier molecular flexibility index (Phi) is 2.06. The highest BCUT2D eigenvalue weighted by molar-refractivity contribution is 5.26. The molecule has 3 rings (SSSR count). The first-order valence-corrected chi connectivity index (χ1v) is 5.76. The molecule has 1 saturated carbocycles. The van der Waals surface area contributed by atoms with Gasteiger partial charge in [0, 0.05) is 19.0 Å². The van der Waals surface area contributed by atoms with E-state index in [0.29, 0.717) is 11.3 Å². The molecule has 1 spiro atoms. The summed E-state index contributed by atoms with van der Waals surface area (Å²) in [5.41, 5.74) is 1.80. The molecule has 2 aliphatic rings. The minimum absolute atomic E-state index is 0.132. The van der Waals surface area contributed by atoms with Crippen LogP contribution in [0.5, 0.6) is 0 Å². The second kappa shape index (κ2) is 3.31. The Labute approximate surface area is 89.7 Å². The summed E-state index contributed by atoms with van der Waals surface area (Å²) in [6, 6.07) is 7.07. The summed E-state index contributed by atoms with van der Waals surface area (Å²) in [6.45, 7) is 2.21. The van der Waals surface area contributed by atoms with E-state index in [0.717, 1.165) is 13.1 Å². The SMILES string of the molecule is Fc1ccc([C@@H]2CNCC23CCC3)cc1. The van der Waals surface area contributed by atoms with E-state index in [1.807, 2.05) is 12.1 Å². The lowest BCUT2D eigenvalue weighted by atomic mass is 9.61. The summed E-state index contributed by atoms with van der Waals surface area (Å²) < 4.78 is 12.8. The highest BCUT2D eigenvalue weighted by Gasteiger charge is 2.47. The van der Waals surface area contributed by atoms with E-state index < -0.39 is 0 Å². The lowest BCUT2D eigenvalue weighted by Gasteiger charge is -2.43. The van der Waals surface area contributed by atoms with Crippen molar-refractivity contribution in [3.8, 4) is 0 Å². The van der Waals surface area contributed by atoms with Crippen molar-refractivity contribution in [2.75, 3.05) is 13.1 Å². The number of rotatable bonds is 1. The van der Waals surface area contributed by atoms with Gasteiger partial charge in [0.1, 0.15) is 5.82 Å². The fourth-order valence-electron chi connectivity index (χ4n) is 3.13. The first-order chi connectivity index (χ1) is 7.30. The minimum atomic E-state index is -0.132. The molecular formula is C13H16FN. The van der Waals surface area contributed by atoms with Gasteiger partial charge in [-0.15, -0.1) is 0 Å². The van der Waals surface area contributed by atoms with Gasteiger partial charge in [0.25, 0.3) is 0 Å². The number of hydrogen-bond donors (Lipinski definition) is 1. The average molecular weight is 205 g/mol. The van der Waals surface area contributed by atoms with Crippen molar-refractivity contribution < 1.29 is 4.39 Å². The monoisotopic (exact) mass is 205 g/mol. The van der Waals surface area contributed by atoms with E-state index in [1.54, 1.807) is 12.1 Å². The third kappa shape index (κ3) is 1.39. The Balaban J connectivity index is 1.90. The van der Waals surface area contributed by atoms with E-state index in [2.05, 4.69) is 5.32 Å². The molecule has 2 heteroatoms. The molecule has 15 heavy (non-hydrogen) atoms. The van der Waals surface area contributed by atoms with Crippen LogP contribution < -0.4 is 5.32 Å². The molecule has 0 amide bonds. The fourth-order valence-corrected chi connectivity index (χ4v) is 3.13. The van der Waals surface area contributed by atoms with E-state index in [-0.39, 0.29) is 5.82 Å². The molecule has 0 bridgehead atoms. The number of benzene rings is 1. The quantitative estimate of drug-likeness (QED) is 0.743. The van der Waals surface area contributed by atoms with Gasteiger partial charge >= 0.3 is 0 Å². The first kappa shape index (κ1) is 9.34. The molecule has 80 valence electrons. The Morgan fingerprint density at radius 3 is 2.53 bits per heavy atom. The molecule has 1 saturated heterocycles. The van der Waals surface area contributed by atoms with Crippen LogP contribution in [0.1, 0.15) is 30.7 Å². The second-order valence-corrected chi connectivity index (χ2v) is 4.95. The molecule has 2 fully saturated rings. The van der Waals surface area contributed by atoms with Crippen LogP contribution in [0.2, 0.25) is 0 Å². The van der Waals surface area contributed by atoms with E-state index in [4.69, 9.17) is 0 Å². The third-order valence-corrected chi connectivity index (χ3v) is 4.19. The first-order valence-electron chi connectivity index (χ1n) is 5.76. The largest absolute Gasteiger partial charge is 0.316 e. The minimum Gasteiger partial charge on any atom is -0.316 e. The molecule has 1 heterocycles. The van der Waals surface area contributed by atoms with Gasteiger partial charge in [-0.25, -0.2) is 4.39 Å².